The minimum atomic E-state index is -0.322. The number of carbonyl (C=O) groups is 1. The first-order valence-electron chi connectivity index (χ1n) is 3.42. The van der Waals surface area contributed by atoms with Crippen molar-refractivity contribution in [1.82, 2.24) is 5.32 Å². The van der Waals surface area contributed by atoms with Gasteiger partial charge >= 0.3 is 0 Å². The Labute approximate surface area is 66.4 Å². The largest absolute Gasteiger partial charge is 0.507 e. The maximum atomic E-state index is 10.7. The smallest absolute Gasteiger partial charge is 0.247 e. The van der Waals surface area contributed by atoms with Crippen LogP contribution in [0.5, 0.6) is 0 Å². The SMILES string of the molecule is C=C(CC)/C(O)=C\C(=O)NC. The van der Waals surface area contributed by atoms with Crippen LogP contribution in [-0.4, -0.2) is 18.1 Å². The summed E-state index contributed by atoms with van der Waals surface area (Å²) >= 11 is 0. The van der Waals surface area contributed by atoms with Crippen LogP contribution in [0.15, 0.2) is 24.0 Å². The Bertz CT molecular complexity index is 194. The van der Waals surface area contributed by atoms with Gasteiger partial charge in [-0.1, -0.05) is 13.5 Å². The van der Waals surface area contributed by atoms with Crippen molar-refractivity contribution in [2.75, 3.05) is 7.05 Å². The highest BCUT2D eigenvalue weighted by Gasteiger charge is 1.99. The van der Waals surface area contributed by atoms with E-state index in [0.717, 1.165) is 6.08 Å². The maximum Gasteiger partial charge on any atom is 0.247 e. The zero-order valence-corrected chi connectivity index (χ0v) is 6.85. The van der Waals surface area contributed by atoms with E-state index in [1.807, 2.05) is 6.92 Å². The van der Waals surface area contributed by atoms with E-state index in [1.54, 1.807) is 0 Å². The fourth-order valence-corrected chi connectivity index (χ4v) is 0.480. The summed E-state index contributed by atoms with van der Waals surface area (Å²) in [5.74, 6) is -0.371. The van der Waals surface area contributed by atoms with Crippen LogP contribution in [0, 0.1) is 0 Å². The Hall–Kier alpha value is -1.25. The molecule has 0 aromatic heterocycles. The van der Waals surface area contributed by atoms with Crippen molar-refractivity contribution in [2.45, 2.75) is 13.3 Å². The van der Waals surface area contributed by atoms with Gasteiger partial charge in [0.05, 0.1) is 0 Å². The van der Waals surface area contributed by atoms with E-state index in [1.165, 1.54) is 7.05 Å². The number of carbonyl (C=O) groups excluding carboxylic acids is 1. The predicted octanol–water partition coefficient (Wildman–Crippen LogP) is 1.14. The molecule has 1 amide bonds. The minimum absolute atomic E-state index is 0.0492. The normalized spacial score (nSPS) is 10.9. The van der Waals surface area contributed by atoms with Gasteiger partial charge in [0.1, 0.15) is 5.76 Å². The lowest BCUT2D eigenvalue weighted by Gasteiger charge is -1.99. The number of likely N-dealkylation sites (N-methyl/N-ethyl adjacent to an activating group) is 1. The van der Waals surface area contributed by atoms with Gasteiger partial charge in [-0.15, -0.1) is 0 Å². The summed E-state index contributed by atoms with van der Waals surface area (Å²) < 4.78 is 0. The van der Waals surface area contributed by atoms with Crippen LogP contribution in [0.25, 0.3) is 0 Å². The van der Waals surface area contributed by atoms with Crippen LogP contribution in [0.4, 0.5) is 0 Å². The number of rotatable bonds is 3. The highest BCUT2D eigenvalue weighted by atomic mass is 16.3. The number of hydrogen-bond donors (Lipinski definition) is 2. The van der Waals surface area contributed by atoms with Gasteiger partial charge < -0.3 is 10.4 Å². The van der Waals surface area contributed by atoms with E-state index >= 15 is 0 Å². The molecule has 2 N–H and O–H groups in total. The quantitative estimate of drug-likeness (QED) is 0.365. The molecular formula is C8H13NO2. The van der Waals surface area contributed by atoms with Gasteiger partial charge in [-0.25, -0.2) is 0 Å². The van der Waals surface area contributed by atoms with Crippen molar-refractivity contribution in [1.29, 1.82) is 0 Å². The molecule has 0 aromatic carbocycles. The molecular weight excluding hydrogens is 142 g/mol. The van der Waals surface area contributed by atoms with Crippen molar-refractivity contribution in [3.63, 3.8) is 0 Å². The maximum absolute atomic E-state index is 10.7. The van der Waals surface area contributed by atoms with Crippen LogP contribution in [0.3, 0.4) is 0 Å². The third-order valence-corrected chi connectivity index (χ3v) is 1.30. The topological polar surface area (TPSA) is 49.3 Å². The molecule has 3 heteroatoms. The van der Waals surface area contributed by atoms with E-state index in [0.29, 0.717) is 12.0 Å². The molecule has 0 aliphatic heterocycles. The van der Waals surface area contributed by atoms with Gasteiger partial charge in [0, 0.05) is 13.1 Å². The van der Waals surface area contributed by atoms with E-state index in [4.69, 9.17) is 5.11 Å². The molecule has 0 bridgehead atoms. The lowest BCUT2D eigenvalue weighted by Crippen LogP contribution is -2.15. The minimum Gasteiger partial charge on any atom is -0.507 e. The van der Waals surface area contributed by atoms with Gasteiger partial charge in [-0.2, -0.15) is 0 Å². The highest BCUT2D eigenvalue weighted by molar-refractivity contribution is 5.88. The summed E-state index contributed by atoms with van der Waals surface area (Å²) in [5, 5.41) is 11.5. The first-order valence-corrected chi connectivity index (χ1v) is 3.42. The molecule has 0 fully saturated rings. The van der Waals surface area contributed by atoms with E-state index in [-0.39, 0.29) is 11.7 Å². The summed E-state index contributed by atoms with van der Waals surface area (Å²) in [6.07, 6.45) is 1.76. The molecule has 0 aromatic rings. The van der Waals surface area contributed by atoms with Gasteiger partial charge in [0.15, 0.2) is 0 Å². The van der Waals surface area contributed by atoms with Crippen molar-refractivity contribution < 1.29 is 9.90 Å². The van der Waals surface area contributed by atoms with Crippen LogP contribution in [0.2, 0.25) is 0 Å². The Kier molecular flexibility index (Phi) is 4.03. The molecule has 0 saturated carbocycles. The van der Waals surface area contributed by atoms with Crippen LogP contribution >= 0.6 is 0 Å². The number of hydrogen-bond acceptors (Lipinski definition) is 2. The van der Waals surface area contributed by atoms with E-state index in [9.17, 15) is 4.79 Å². The van der Waals surface area contributed by atoms with Crippen LogP contribution in [-0.2, 0) is 4.79 Å². The molecule has 3 nitrogen and oxygen atoms in total. The van der Waals surface area contributed by atoms with Crippen molar-refractivity contribution in [3.05, 3.63) is 24.0 Å². The van der Waals surface area contributed by atoms with Gasteiger partial charge in [-0.3, -0.25) is 4.79 Å². The average molecular weight is 155 g/mol. The van der Waals surface area contributed by atoms with Crippen molar-refractivity contribution >= 4 is 5.91 Å². The monoisotopic (exact) mass is 155 g/mol. The molecule has 62 valence electrons. The summed E-state index contributed by atoms with van der Waals surface area (Å²) in [5.41, 5.74) is 0.564. The second kappa shape index (κ2) is 4.55. The number of amides is 1. The Morgan fingerprint density at radius 2 is 2.27 bits per heavy atom. The summed E-state index contributed by atoms with van der Waals surface area (Å²) in [4.78, 5) is 10.7. The molecule has 0 aliphatic rings. The summed E-state index contributed by atoms with van der Waals surface area (Å²) in [6.45, 7) is 5.42. The molecule has 0 radical (unpaired) electrons. The summed E-state index contributed by atoms with van der Waals surface area (Å²) in [6, 6.07) is 0. The lowest BCUT2D eigenvalue weighted by atomic mass is 10.2. The third-order valence-electron chi connectivity index (χ3n) is 1.30. The Morgan fingerprint density at radius 1 is 1.73 bits per heavy atom. The van der Waals surface area contributed by atoms with Crippen molar-refractivity contribution in [3.8, 4) is 0 Å². The molecule has 11 heavy (non-hydrogen) atoms. The number of allylic oxidation sites excluding steroid dienone is 1. The van der Waals surface area contributed by atoms with Gasteiger partial charge in [-0.05, 0) is 12.0 Å². The average Bonchev–Trinajstić information content (AvgIpc) is 2.02. The van der Waals surface area contributed by atoms with Crippen molar-refractivity contribution in [2.24, 2.45) is 0 Å². The number of aliphatic hydroxyl groups excluding tert-OH is 1. The number of aliphatic hydroxyl groups is 1. The third kappa shape index (κ3) is 3.45. The molecule has 0 rings (SSSR count). The van der Waals surface area contributed by atoms with E-state index < -0.39 is 0 Å². The van der Waals surface area contributed by atoms with Crippen LogP contribution < -0.4 is 5.32 Å². The van der Waals surface area contributed by atoms with E-state index in [2.05, 4.69) is 11.9 Å². The second-order valence-electron chi connectivity index (χ2n) is 2.10. The molecule has 0 heterocycles. The molecule has 0 saturated heterocycles. The second-order valence-corrected chi connectivity index (χ2v) is 2.10. The lowest BCUT2D eigenvalue weighted by molar-refractivity contribution is -0.116. The zero-order valence-electron chi connectivity index (χ0n) is 6.85. The van der Waals surface area contributed by atoms with Crippen LogP contribution in [0.1, 0.15) is 13.3 Å². The predicted molar refractivity (Wildman–Crippen MR) is 44.2 cm³/mol. The molecule has 0 aliphatic carbocycles. The standard InChI is InChI=1S/C8H13NO2/c1-4-6(2)7(10)5-8(11)9-3/h5,10H,2,4H2,1,3H3,(H,9,11)/b7-5+. The Morgan fingerprint density at radius 3 is 2.64 bits per heavy atom. The molecule has 0 spiro atoms. The first kappa shape index (κ1) is 9.75. The summed E-state index contributed by atoms with van der Waals surface area (Å²) in [7, 11) is 1.50. The number of nitrogens with one attached hydrogen (secondary N) is 1. The Balaban J connectivity index is 4.21. The van der Waals surface area contributed by atoms with Gasteiger partial charge in [0.2, 0.25) is 5.91 Å². The van der Waals surface area contributed by atoms with Gasteiger partial charge in [0.25, 0.3) is 0 Å². The highest BCUT2D eigenvalue weighted by Crippen LogP contribution is 2.06. The zero-order chi connectivity index (χ0) is 8.85. The first-order chi connectivity index (χ1) is 5.11. The fraction of sp³-hybridized carbons (Fsp3) is 0.375. The fourth-order valence-electron chi connectivity index (χ4n) is 0.480. The molecule has 0 atom stereocenters. The molecule has 0 unspecified atom stereocenters.